The summed E-state index contributed by atoms with van der Waals surface area (Å²) in [5.74, 6) is 13.6. The molecule has 0 aliphatic carbocycles. The number of nitrogens with one attached hydrogen (secondary N) is 1. The monoisotopic (exact) mass is 491 g/mol. The molecule has 6 heteroatoms. The van der Waals surface area contributed by atoms with E-state index in [1.165, 1.54) is 6.26 Å². The number of rotatable bonds is 4. The Morgan fingerprint density at radius 3 is 2.22 bits per heavy atom. The molecular formula is C31H29N3O3. The Morgan fingerprint density at radius 2 is 1.59 bits per heavy atom. The Bertz CT molecular complexity index is 1370. The Balaban J connectivity index is 1.12. The normalized spacial score (nSPS) is 20.5. The first-order valence-corrected chi connectivity index (χ1v) is 12.3. The van der Waals surface area contributed by atoms with Crippen LogP contribution >= 0.6 is 0 Å². The maximum Gasteiger partial charge on any atom is 0.253 e. The summed E-state index contributed by atoms with van der Waals surface area (Å²) in [5, 5.41) is 13.2. The first kappa shape index (κ1) is 24.3. The van der Waals surface area contributed by atoms with E-state index in [1.807, 2.05) is 53.4 Å². The van der Waals surface area contributed by atoms with Gasteiger partial charge >= 0.3 is 0 Å². The van der Waals surface area contributed by atoms with Crippen molar-refractivity contribution in [2.75, 3.05) is 45.1 Å². The van der Waals surface area contributed by atoms with Crippen molar-refractivity contribution in [1.82, 2.24) is 9.80 Å². The zero-order valence-corrected chi connectivity index (χ0v) is 20.8. The van der Waals surface area contributed by atoms with Crippen molar-refractivity contribution in [3.63, 3.8) is 0 Å². The summed E-state index contributed by atoms with van der Waals surface area (Å²) in [6, 6.07) is 15.1. The average molecular weight is 492 g/mol. The van der Waals surface area contributed by atoms with Crippen molar-refractivity contribution >= 4 is 11.6 Å². The number of hydrogen-bond acceptors (Lipinski definition) is 5. The van der Waals surface area contributed by atoms with Crippen LogP contribution in [-0.4, -0.2) is 60.6 Å². The lowest BCUT2D eigenvalue weighted by molar-refractivity contribution is 0.0776. The van der Waals surface area contributed by atoms with Crippen LogP contribution in [0, 0.1) is 35.5 Å². The molecule has 5 rings (SSSR count). The third-order valence-electron chi connectivity index (χ3n) is 6.95. The quantitative estimate of drug-likeness (QED) is 0.633. The molecule has 0 saturated carbocycles. The van der Waals surface area contributed by atoms with Gasteiger partial charge in [0, 0.05) is 54.1 Å². The van der Waals surface area contributed by atoms with Crippen LogP contribution in [0.2, 0.25) is 0 Å². The minimum absolute atomic E-state index is 0.0548. The molecule has 0 bridgehead atoms. The van der Waals surface area contributed by atoms with Crippen molar-refractivity contribution in [3.05, 3.63) is 101 Å². The van der Waals surface area contributed by atoms with Gasteiger partial charge in [-0.25, -0.2) is 0 Å². The van der Waals surface area contributed by atoms with Gasteiger partial charge in [-0.05, 0) is 85.3 Å². The lowest BCUT2D eigenvalue weighted by Crippen LogP contribution is -2.32. The second-order valence-corrected chi connectivity index (χ2v) is 9.68. The fraction of sp³-hybridized carbons (Fsp3) is 0.258. The van der Waals surface area contributed by atoms with Crippen LogP contribution in [-0.2, 0) is 4.74 Å². The third kappa shape index (κ3) is 5.72. The van der Waals surface area contributed by atoms with Crippen molar-refractivity contribution < 1.29 is 14.6 Å². The molecule has 37 heavy (non-hydrogen) atoms. The number of likely N-dealkylation sites (tertiary alicyclic amines) is 2. The Hall–Kier alpha value is -4.39. The fourth-order valence-corrected chi connectivity index (χ4v) is 4.97. The fourth-order valence-electron chi connectivity index (χ4n) is 4.97. The summed E-state index contributed by atoms with van der Waals surface area (Å²) < 4.78 is 5.33. The number of aliphatic hydroxyl groups is 1. The molecule has 2 aromatic carbocycles. The molecule has 3 heterocycles. The summed E-state index contributed by atoms with van der Waals surface area (Å²) in [4.78, 5) is 17.2. The second-order valence-electron chi connectivity index (χ2n) is 9.68. The number of carbonyl (C=O) groups excluding carboxylic acids is 1. The molecule has 0 radical (unpaired) electrons. The first-order chi connectivity index (χ1) is 18.0. The number of aliphatic hydroxyl groups excluding tert-OH is 1. The molecule has 0 spiro atoms. The molecule has 2 fully saturated rings. The molecule has 186 valence electrons. The molecular weight excluding hydrogens is 462 g/mol. The van der Waals surface area contributed by atoms with E-state index < -0.39 is 0 Å². The van der Waals surface area contributed by atoms with E-state index in [2.05, 4.69) is 47.5 Å². The van der Waals surface area contributed by atoms with Crippen LogP contribution in [0.25, 0.3) is 0 Å². The molecule has 2 atom stereocenters. The van der Waals surface area contributed by atoms with Gasteiger partial charge in [0.15, 0.2) is 11.5 Å². The summed E-state index contributed by atoms with van der Waals surface area (Å²) >= 11 is 0. The molecule has 0 aromatic heterocycles. The average Bonchev–Trinajstić information content (AvgIpc) is 3.46. The van der Waals surface area contributed by atoms with Crippen molar-refractivity contribution in [2.45, 2.75) is 0 Å². The van der Waals surface area contributed by atoms with Crippen molar-refractivity contribution in [3.8, 4) is 23.7 Å². The summed E-state index contributed by atoms with van der Waals surface area (Å²) in [5.41, 5.74) is 3.78. The highest BCUT2D eigenvalue weighted by Gasteiger charge is 2.40. The second kappa shape index (κ2) is 10.7. The van der Waals surface area contributed by atoms with Crippen molar-refractivity contribution in [2.24, 2.45) is 11.8 Å². The maximum atomic E-state index is 12.9. The number of ether oxygens (including phenoxy) is 1. The molecule has 2 N–H and O–H groups in total. The highest BCUT2D eigenvalue weighted by molar-refractivity contribution is 5.94. The van der Waals surface area contributed by atoms with Crippen LogP contribution in [0.1, 0.15) is 21.5 Å². The maximum absolute atomic E-state index is 12.9. The van der Waals surface area contributed by atoms with Crippen LogP contribution in [0.5, 0.6) is 0 Å². The van der Waals surface area contributed by atoms with E-state index >= 15 is 0 Å². The predicted octanol–water partition coefficient (Wildman–Crippen LogP) is 4.01. The van der Waals surface area contributed by atoms with Crippen LogP contribution in [0.15, 0.2) is 84.5 Å². The molecule has 1 amide bonds. The summed E-state index contributed by atoms with van der Waals surface area (Å²) in [7, 11) is 2.15. The minimum Gasteiger partial charge on any atom is -0.504 e. The van der Waals surface area contributed by atoms with Gasteiger partial charge in [0.2, 0.25) is 0 Å². The molecule has 2 saturated heterocycles. The molecule has 3 aliphatic heterocycles. The van der Waals surface area contributed by atoms with E-state index in [-0.39, 0.29) is 11.7 Å². The zero-order valence-electron chi connectivity index (χ0n) is 20.8. The van der Waals surface area contributed by atoms with Gasteiger partial charge in [0.05, 0.1) is 12.8 Å². The standard InChI is InChI=1S/C31H29N3O3/c1-22-15-16-37-29(30(22)35)17-32-28-13-9-24(10-14-28)6-4-3-5-23-7-11-25(12-8-23)31(36)34-20-26-18-33(2)19-27(26)21-34/h7-16,26-27,32,35H,1,17-21H2,2H3/t26-,27?/m0/s1. The molecule has 3 aliphatic rings. The Morgan fingerprint density at radius 1 is 1.00 bits per heavy atom. The van der Waals surface area contributed by atoms with Gasteiger partial charge in [-0.2, -0.15) is 0 Å². The summed E-state index contributed by atoms with van der Waals surface area (Å²) in [6.45, 7) is 7.97. The molecule has 1 unspecified atom stereocenters. The van der Waals surface area contributed by atoms with E-state index in [4.69, 9.17) is 4.74 Å². The topological polar surface area (TPSA) is 65.0 Å². The summed E-state index contributed by atoms with van der Waals surface area (Å²) in [6.07, 6.45) is 3.12. The molecule has 6 nitrogen and oxygen atoms in total. The van der Waals surface area contributed by atoms with E-state index in [0.29, 0.717) is 35.3 Å². The lowest BCUT2D eigenvalue weighted by Gasteiger charge is -2.19. The minimum atomic E-state index is 0.0548. The third-order valence-corrected chi connectivity index (χ3v) is 6.95. The largest absolute Gasteiger partial charge is 0.504 e. The Kier molecular flexibility index (Phi) is 7.03. The van der Waals surface area contributed by atoms with Gasteiger partial charge in [0.1, 0.15) is 0 Å². The number of anilines is 1. The van der Waals surface area contributed by atoms with Crippen LogP contribution in [0.3, 0.4) is 0 Å². The number of carbonyl (C=O) groups is 1. The number of fused-ring (bicyclic) bond motifs is 1. The van der Waals surface area contributed by atoms with Gasteiger partial charge < -0.3 is 25.0 Å². The van der Waals surface area contributed by atoms with Gasteiger partial charge in [-0.15, -0.1) is 0 Å². The van der Waals surface area contributed by atoms with Crippen molar-refractivity contribution in [1.29, 1.82) is 0 Å². The number of allylic oxidation sites excluding steroid dienone is 1. The van der Waals surface area contributed by atoms with Gasteiger partial charge in [-0.1, -0.05) is 18.4 Å². The van der Waals surface area contributed by atoms with E-state index in [1.54, 1.807) is 6.08 Å². The van der Waals surface area contributed by atoms with E-state index in [9.17, 15) is 9.90 Å². The number of nitrogens with zero attached hydrogens (tertiary/aromatic N) is 2. The molecule has 2 aromatic rings. The van der Waals surface area contributed by atoms with E-state index in [0.717, 1.165) is 43.0 Å². The number of amides is 1. The van der Waals surface area contributed by atoms with Gasteiger partial charge in [0.25, 0.3) is 5.91 Å². The lowest BCUT2D eigenvalue weighted by atomic mass is 10.0. The highest BCUT2D eigenvalue weighted by atomic mass is 16.5. The number of hydrogen-bond donors (Lipinski definition) is 2. The predicted molar refractivity (Wildman–Crippen MR) is 145 cm³/mol. The van der Waals surface area contributed by atoms with Gasteiger partial charge in [-0.3, -0.25) is 4.79 Å². The van der Waals surface area contributed by atoms with Crippen LogP contribution < -0.4 is 5.32 Å². The SMILES string of the molecule is C=C1C=COC(CNc2ccc(C#CC#Cc3ccc(C(=O)N4CC5CN(C)C[C@H]5C4)cc3)cc2)=C1O. The Labute approximate surface area is 217 Å². The highest BCUT2D eigenvalue weighted by Crippen LogP contribution is 2.31. The number of benzene rings is 2. The smallest absolute Gasteiger partial charge is 0.253 e. The van der Waals surface area contributed by atoms with Crippen LogP contribution in [0.4, 0.5) is 5.69 Å². The zero-order chi connectivity index (χ0) is 25.8. The first-order valence-electron chi connectivity index (χ1n) is 12.3.